The summed E-state index contributed by atoms with van der Waals surface area (Å²) in [5, 5.41) is 6.44. The molecule has 0 fully saturated rings. The number of benzene rings is 6. The van der Waals surface area contributed by atoms with Gasteiger partial charge in [-0.3, -0.25) is 0 Å². The van der Waals surface area contributed by atoms with Crippen LogP contribution < -0.4 is 20.1 Å². The third-order valence-electron chi connectivity index (χ3n) is 8.76. The van der Waals surface area contributed by atoms with Crippen molar-refractivity contribution >= 4 is 30.8 Å². The fraction of sp³-hybridized carbons (Fsp3) is 0.0952. The summed E-state index contributed by atoms with van der Waals surface area (Å²) in [7, 11) is -8.59. The molecule has 10 heteroatoms. The summed E-state index contributed by atoms with van der Waals surface area (Å²) in [4.78, 5) is -0.183. The molecule has 6 aromatic carbocycles. The van der Waals surface area contributed by atoms with Gasteiger partial charge in [0.2, 0.25) is 20.0 Å². The third kappa shape index (κ3) is 7.87. The SMILES string of the molecule is C#CN[C@H](c1ccccc1)[C@H](NS(=O)(=O)c1cccc2c(S(=O)(=O)N[C@H](c3ccccc3)[C@H](NC#C)c3ccccc3)cccc12)c1ccccc1. The lowest BCUT2D eigenvalue weighted by Gasteiger charge is -2.29. The summed E-state index contributed by atoms with van der Waals surface area (Å²) in [6.07, 6.45) is 11.4. The van der Waals surface area contributed by atoms with Crippen molar-refractivity contribution in [2.75, 3.05) is 0 Å². The molecule has 4 atom stereocenters. The molecule has 0 heterocycles. The van der Waals surface area contributed by atoms with E-state index in [2.05, 4.69) is 32.2 Å². The summed E-state index contributed by atoms with van der Waals surface area (Å²) in [5.41, 5.74) is 2.90. The Morgan fingerprint density at radius 2 is 0.673 bits per heavy atom. The van der Waals surface area contributed by atoms with Crippen LogP contribution in [0.4, 0.5) is 0 Å². The van der Waals surface area contributed by atoms with Crippen LogP contribution in [-0.2, 0) is 20.0 Å². The van der Waals surface area contributed by atoms with E-state index in [4.69, 9.17) is 12.8 Å². The summed E-state index contributed by atoms with van der Waals surface area (Å²) in [5.74, 6) is 0. The first kappa shape index (κ1) is 35.9. The first-order valence-corrected chi connectivity index (χ1v) is 19.4. The van der Waals surface area contributed by atoms with Crippen LogP contribution in [0, 0.1) is 24.9 Å². The predicted molar refractivity (Wildman–Crippen MR) is 205 cm³/mol. The van der Waals surface area contributed by atoms with Gasteiger partial charge in [0.1, 0.15) is 0 Å². The highest BCUT2D eigenvalue weighted by Gasteiger charge is 2.33. The maximum absolute atomic E-state index is 14.4. The standard InChI is InChI=1S/C42H36N4O4S2/c1-3-43-39(31-19-9-5-10-20-31)41(33-23-13-7-14-24-33)45-51(47,48)37-29-17-28-36-35(37)27-18-30-38(36)52(49,50)46-42(34-25-15-8-16-26-34)40(44-4-2)32-21-11-6-12-22-32/h1-2,5-30,39-46H/t39-,40-,41-,42-/m1/s1. The van der Waals surface area contributed by atoms with Gasteiger partial charge in [0.25, 0.3) is 0 Å². The van der Waals surface area contributed by atoms with Crippen molar-refractivity contribution in [3.8, 4) is 24.9 Å². The van der Waals surface area contributed by atoms with Crippen molar-refractivity contribution in [2.24, 2.45) is 0 Å². The fourth-order valence-electron chi connectivity index (χ4n) is 6.38. The lowest BCUT2D eigenvalue weighted by Crippen LogP contribution is -2.37. The molecule has 0 amide bonds. The molecule has 4 N–H and O–H groups in total. The topological polar surface area (TPSA) is 116 Å². The zero-order valence-electron chi connectivity index (χ0n) is 27.9. The Morgan fingerprint density at radius 3 is 0.962 bits per heavy atom. The van der Waals surface area contributed by atoms with Gasteiger partial charge in [-0.1, -0.05) is 158 Å². The maximum atomic E-state index is 14.4. The Kier molecular flexibility index (Phi) is 11.0. The van der Waals surface area contributed by atoms with Crippen LogP contribution >= 0.6 is 0 Å². The van der Waals surface area contributed by atoms with Gasteiger partial charge in [0, 0.05) is 22.9 Å². The molecule has 0 aromatic heterocycles. The van der Waals surface area contributed by atoms with Crippen LogP contribution in [0.25, 0.3) is 10.8 Å². The van der Waals surface area contributed by atoms with Crippen molar-refractivity contribution in [1.29, 1.82) is 0 Å². The monoisotopic (exact) mass is 724 g/mol. The minimum absolute atomic E-state index is 0.0914. The summed E-state index contributed by atoms with van der Waals surface area (Å²) in [6.45, 7) is 0. The lowest BCUT2D eigenvalue weighted by molar-refractivity contribution is 0.469. The van der Waals surface area contributed by atoms with E-state index in [1.54, 1.807) is 12.1 Å². The van der Waals surface area contributed by atoms with Gasteiger partial charge < -0.3 is 10.6 Å². The molecule has 6 rings (SSSR count). The Labute approximate surface area is 305 Å². The quantitative estimate of drug-likeness (QED) is 0.0733. The highest BCUT2D eigenvalue weighted by molar-refractivity contribution is 7.90. The fourth-order valence-corrected chi connectivity index (χ4v) is 9.30. The molecule has 0 aliphatic rings. The number of hydrogen-bond acceptors (Lipinski definition) is 6. The van der Waals surface area contributed by atoms with Crippen molar-refractivity contribution < 1.29 is 16.8 Å². The average molecular weight is 725 g/mol. The Morgan fingerprint density at radius 1 is 0.385 bits per heavy atom. The zero-order valence-corrected chi connectivity index (χ0v) is 29.6. The minimum Gasteiger partial charge on any atom is -0.337 e. The third-order valence-corrected chi connectivity index (χ3v) is 11.8. The molecule has 0 spiro atoms. The van der Waals surface area contributed by atoms with E-state index in [0.29, 0.717) is 11.1 Å². The van der Waals surface area contributed by atoms with Crippen LogP contribution in [0.1, 0.15) is 46.4 Å². The van der Waals surface area contributed by atoms with Gasteiger partial charge in [-0.15, -0.1) is 0 Å². The van der Waals surface area contributed by atoms with Gasteiger partial charge in [-0.25, -0.2) is 26.3 Å². The second-order valence-corrected chi connectivity index (χ2v) is 15.3. The van der Waals surface area contributed by atoms with Gasteiger partial charge in [0.05, 0.1) is 34.0 Å². The molecule has 0 saturated heterocycles. The summed E-state index contributed by atoms with van der Waals surface area (Å²) >= 11 is 0. The van der Waals surface area contributed by atoms with Crippen LogP contribution in [0.2, 0.25) is 0 Å². The first-order chi connectivity index (χ1) is 25.2. The molecule has 0 aliphatic carbocycles. The van der Waals surface area contributed by atoms with Gasteiger partial charge >= 0.3 is 0 Å². The van der Waals surface area contributed by atoms with Crippen molar-refractivity contribution in [1.82, 2.24) is 20.1 Å². The van der Waals surface area contributed by atoms with Gasteiger partial charge in [-0.2, -0.15) is 0 Å². The molecule has 0 saturated carbocycles. The van der Waals surface area contributed by atoms with E-state index in [1.165, 1.54) is 24.3 Å². The Balaban J connectivity index is 1.42. The Bertz CT molecular complexity index is 2260. The molecule has 0 unspecified atom stereocenters. The number of fused-ring (bicyclic) bond motifs is 1. The molecular formula is C42H36N4O4S2. The van der Waals surface area contributed by atoms with Crippen molar-refractivity contribution in [2.45, 2.75) is 34.0 Å². The largest absolute Gasteiger partial charge is 0.337 e. The average Bonchev–Trinajstić information content (AvgIpc) is 3.18. The highest BCUT2D eigenvalue weighted by atomic mass is 32.2. The lowest BCUT2D eigenvalue weighted by atomic mass is 9.94. The van der Waals surface area contributed by atoms with Crippen LogP contribution in [0.3, 0.4) is 0 Å². The number of rotatable bonds is 14. The number of sulfonamides is 2. The normalized spacial score (nSPS) is 13.9. The van der Waals surface area contributed by atoms with E-state index < -0.39 is 44.2 Å². The first-order valence-electron chi connectivity index (χ1n) is 16.4. The molecule has 0 aliphatic heterocycles. The zero-order chi connectivity index (χ0) is 36.6. The van der Waals surface area contributed by atoms with E-state index in [1.807, 2.05) is 121 Å². The smallest absolute Gasteiger partial charge is 0.241 e. The summed E-state index contributed by atoms with van der Waals surface area (Å²) < 4.78 is 63.5. The van der Waals surface area contributed by atoms with Crippen LogP contribution in [0.15, 0.2) is 168 Å². The number of nitrogens with one attached hydrogen (secondary N) is 4. The van der Waals surface area contributed by atoms with Crippen LogP contribution in [0.5, 0.6) is 0 Å². The molecule has 6 aromatic rings. The Hall–Kier alpha value is -5.88. The van der Waals surface area contributed by atoms with Gasteiger partial charge in [-0.05, 0) is 34.4 Å². The van der Waals surface area contributed by atoms with E-state index in [0.717, 1.165) is 11.1 Å². The van der Waals surface area contributed by atoms with Crippen molar-refractivity contribution in [3.63, 3.8) is 0 Å². The van der Waals surface area contributed by atoms with Crippen molar-refractivity contribution in [3.05, 3.63) is 180 Å². The molecule has 0 bridgehead atoms. The predicted octanol–water partition coefficient (Wildman–Crippen LogP) is 6.72. The van der Waals surface area contributed by atoms with Crippen LogP contribution in [-0.4, -0.2) is 16.8 Å². The van der Waals surface area contributed by atoms with E-state index >= 15 is 0 Å². The molecular weight excluding hydrogens is 689 g/mol. The number of hydrogen-bond donors (Lipinski definition) is 4. The number of terminal acetylenes is 2. The van der Waals surface area contributed by atoms with E-state index in [9.17, 15) is 16.8 Å². The second kappa shape index (κ2) is 16.0. The maximum Gasteiger partial charge on any atom is 0.241 e. The summed E-state index contributed by atoms with van der Waals surface area (Å²) in [6, 6.07) is 48.0. The molecule has 52 heavy (non-hydrogen) atoms. The molecule has 260 valence electrons. The van der Waals surface area contributed by atoms with Gasteiger partial charge in [0.15, 0.2) is 0 Å². The molecule has 8 nitrogen and oxygen atoms in total. The molecule has 0 radical (unpaired) electrons. The van der Waals surface area contributed by atoms with E-state index in [-0.39, 0.29) is 20.6 Å². The highest BCUT2D eigenvalue weighted by Crippen LogP contribution is 2.35. The second-order valence-electron chi connectivity index (χ2n) is 12.0. The minimum atomic E-state index is -4.30.